The van der Waals surface area contributed by atoms with E-state index in [1.54, 1.807) is 13.1 Å². The summed E-state index contributed by atoms with van der Waals surface area (Å²) in [6, 6.07) is 4.22. The van der Waals surface area contributed by atoms with Gasteiger partial charge in [0.25, 0.3) is 5.91 Å². The van der Waals surface area contributed by atoms with Gasteiger partial charge in [-0.15, -0.1) is 11.3 Å². The number of carbonyl (C=O) groups is 1. The Morgan fingerprint density at radius 1 is 1.50 bits per heavy atom. The van der Waals surface area contributed by atoms with Crippen molar-refractivity contribution in [2.24, 2.45) is 5.92 Å². The second-order valence-electron chi connectivity index (χ2n) is 6.18. The summed E-state index contributed by atoms with van der Waals surface area (Å²) < 4.78 is 7.16. The maximum absolute atomic E-state index is 12.7. The minimum atomic E-state index is -0.226. The summed E-state index contributed by atoms with van der Waals surface area (Å²) in [7, 11) is 0. The number of rotatable bonds is 5. The molecule has 1 atom stereocenters. The molecule has 1 unspecified atom stereocenters. The number of nitrogens with one attached hydrogen (secondary N) is 1. The molecule has 1 aliphatic rings. The number of aryl methyl sites for hydroxylation is 1. The van der Waals surface area contributed by atoms with E-state index in [1.807, 2.05) is 28.4 Å². The van der Waals surface area contributed by atoms with E-state index >= 15 is 0 Å². The van der Waals surface area contributed by atoms with E-state index in [0.29, 0.717) is 34.7 Å². The molecule has 1 saturated carbocycles. The van der Waals surface area contributed by atoms with Gasteiger partial charge >= 0.3 is 0 Å². The summed E-state index contributed by atoms with van der Waals surface area (Å²) in [4.78, 5) is 13.6. The lowest BCUT2D eigenvalue weighted by atomic mass is 10.1. The first-order valence-corrected chi connectivity index (χ1v) is 8.87. The fraction of sp³-hybridized carbons (Fsp3) is 0.353. The highest BCUT2D eigenvalue weighted by atomic mass is 32.1. The molecule has 1 fully saturated rings. The van der Waals surface area contributed by atoms with Crippen molar-refractivity contribution < 1.29 is 9.32 Å². The van der Waals surface area contributed by atoms with Crippen molar-refractivity contribution >= 4 is 22.9 Å². The molecule has 1 amide bonds. The van der Waals surface area contributed by atoms with Crippen LogP contribution in [0.5, 0.6) is 0 Å². The third-order valence-corrected chi connectivity index (χ3v) is 5.30. The van der Waals surface area contributed by atoms with Gasteiger partial charge in [0.15, 0.2) is 0 Å². The molecule has 1 N–H and O–H groups in total. The van der Waals surface area contributed by atoms with Crippen LogP contribution in [0.4, 0.5) is 5.69 Å². The number of anilines is 1. The Kier molecular flexibility index (Phi) is 3.72. The fourth-order valence-corrected chi connectivity index (χ4v) is 3.55. The molecule has 4 rings (SSSR count). The topological polar surface area (TPSA) is 73.0 Å². The molecule has 24 heavy (non-hydrogen) atoms. The van der Waals surface area contributed by atoms with E-state index in [1.165, 1.54) is 24.2 Å². The first-order valence-electron chi connectivity index (χ1n) is 7.99. The number of amides is 1. The van der Waals surface area contributed by atoms with Gasteiger partial charge in [-0.25, -0.2) is 0 Å². The predicted octanol–water partition coefficient (Wildman–Crippen LogP) is 4.13. The molecule has 3 aromatic rings. The van der Waals surface area contributed by atoms with Crippen LogP contribution in [0.15, 0.2) is 34.4 Å². The zero-order chi connectivity index (χ0) is 16.7. The van der Waals surface area contributed by atoms with Crippen LogP contribution >= 0.6 is 11.3 Å². The predicted molar refractivity (Wildman–Crippen MR) is 92.2 cm³/mol. The van der Waals surface area contributed by atoms with Gasteiger partial charge in [0, 0.05) is 6.20 Å². The molecule has 7 heteroatoms. The van der Waals surface area contributed by atoms with Gasteiger partial charge in [0.05, 0.1) is 22.8 Å². The number of nitrogens with zero attached hydrogens (tertiary/aromatic N) is 3. The zero-order valence-electron chi connectivity index (χ0n) is 13.5. The molecular formula is C17H18N4O2S. The van der Waals surface area contributed by atoms with Crippen LogP contribution in [0, 0.1) is 12.8 Å². The van der Waals surface area contributed by atoms with Gasteiger partial charge in [-0.05, 0) is 44.1 Å². The van der Waals surface area contributed by atoms with Crippen molar-refractivity contribution in [1.29, 1.82) is 0 Å². The Labute approximate surface area is 143 Å². The molecule has 0 spiro atoms. The van der Waals surface area contributed by atoms with Crippen LogP contribution in [-0.4, -0.2) is 20.8 Å². The van der Waals surface area contributed by atoms with E-state index in [-0.39, 0.29) is 5.91 Å². The molecule has 0 bridgehead atoms. The average molecular weight is 342 g/mol. The first kappa shape index (κ1) is 15.1. The van der Waals surface area contributed by atoms with Gasteiger partial charge in [0.2, 0.25) is 0 Å². The third-order valence-electron chi connectivity index (χ3n) is 4.43. The highest BCUT2D eigenvalue weighted by Crippen LogP contribution is 2.39. The maximum atomic E-state index is 12.7. The van der Waals surface area contributed by atoms with Crippen LogP contribution in [-0.2, 0) is 0 Å². The summed E-state index contributed by atoms with van der Waals surface area (Å²) in [6.07, 6.45) is 6.08. The van der Waals surface area contributed by atoms with E-state index < -0.39 is 0 Å². The minimum Gasteiger partial charge on any atom is -0.360 e. The summed E-state index contributed by atoms with van der Waals surface area (Å²) in [5, 5.41) is 13.3. The largest absolute Gasteiger partial charge is 0.360 e. The summed E-state index contributed by atoms with van der Waals surface area (Å²) >= 11 is 1.53. The lowest BCUT2D eigenvalue weighted by Crippen LogP contribution is -2.13. The third kappa shape index (κ3) is 2.75. The van der Waals surface area contributed by atoms with Crippen molar-refractivity contribution in [3.05, 3.63) is 41.2 Å². The molecule has 0 saturated heterocycles. The fourth-order valence-electron chi connectivity index (χ4n) is 2.83. The van der Waals surface area contributed by atoms with Gasteiger partial charge < -0.3 is 9.84 Å². The van der Waals surface area contributed by atoms with Crippen LogP contribution in [0.2, 0.25) is 0 Å². The van der Waals surface area contributed by atoms with E-state index in [0.717, 1.165) is 4.88 Å². The van der Waals surface area contributed by atoms with Gasteiger partial charge in [-0.1, -0.05) is 11.2 Å². The minimum absolute atomic E-state index is 0.226. The molecule has 0 aliphatic heterocycles. The Morgan fingerprint density at radius 3 is 3.04 bits per heavy atom. The Balaban J connectivity index is 1.56. The number of hydrogen-bond donors (Lipinski definition) is 1. The van der Waals surface area contributed by atoms with Crippen molar-refractivity contribution in [2.45, 2.75) is 32.7 Å². The number of thiophene rings is 1. The lowest BCUT2D eigenvalue weighted by Gasteiger charge is -2.09. The van der Waals surface area contributed by atoms with Crippen molar-refractivity contribution in [1.82, 2.24) is 14.9 Å². The summed E-state index contributed by atoms with van der Waals surface area (Å²) in [5.41, 5.74) is 1.74. The molecule has 1 aliphatic carbocycles. The van der Waals surface area contributed by atoms with Crippen molar-refractivity contribution in [3.63, 3.8) is 0 Å². The van der Waals surface area contributed by atoms with E-state index in [4.69, 9.17) is 4.52 Å². The smallest absolute Gasteiger partial charge is 0.261 e. The second-order valence-corrected chi connectivity index (χ2v) is 7.13. The molecule has 124 valence electrons. The molecular weight excluding hydrogens is 324 g/mol. The zero-order valence-corrected chi connectivity index (χ0v) is 14.3. The van der Waals surface area contributed by atoms with E-state index in [2.05, 4.69) is 22.5 Å². The van der Waals surface area contributed by atoms with Gasteiger partial charge in [-0.3, -0.25) is 9.48 Å². The molecule has 0 radical (unpaired) electrons. The van der Waals surface area contributed by atoms with Crippen LogP contribution in [0.25, 0.3) is 10.6 Å². The monoisotopic (exact) mass is 342 g/mol. The SMILES string of the molecule is Cc1onc(-c2cccs2)c1C(=O)Nc1cnn(C(C)C2CC2)c1. The highest BCUT2D eigenvalue weighted by Gasteiger charge is 2.30. The van der Waals surface area contributed by atoms with Crippen molar-refractivity contribution in [3.8, 4) is 10.6 Å². The van der Waals surface area contributed by atoms with Crippen LogP contribution in [0.3, 0.4) is 0 Å². The number of aromatic nitrogens is 3. The first-order chi connectivity index (χ1) is 11.6. The summed E-state index contributed by atoms with van der Waals surface area (Å²) in [6.45, 7) is 3.91. The van der Waals surface area contributed by atoms with Gasteiger partial charge in [0.1, 0.15) is 17.0 Å². The Hall–Kier alpha value is -2.41. The summed E-state index contributed by atoms with van der Waals surface area (Å²) in [5.74, 6) is 0.990. The van der Waals surface area contributed by atoms with Crippen molar-refractivity contribution in [2.75, 3.05) is 5.32 Å². The van der Waals surface area contributed by atoms with Crippen LogP contribution < -0.4 is 5.32 Å². The second kappa shape index (κ2) is 5.90. The Morgan fingerprint density at radius 2 is 2.33 bits per heavy atom. The number of carbonyl (C=O) groups excluding carboxylic acids is 1. The van der Waals surface area contributed by atoms with Gasteiger partial charge in [-0.2, -0.15) is 5.10 Å². The Bertz CT molecular complexity index is 861. The highest BCUT2D eigenvalue weighted by molar-refractivity contribution is 7.13. The average Bonchev–Trinajstić information content (AvgIpc) is 2.97. The lowest BCUT2D eigenvalue weighted by molar-refractivity contribution is 0.102. The molecule has 3 heterocycles. The number of hydrogen-bond acceptors (Lipinski definition) is 5. The van der Waals surface area contributed by atoms with Crippen LogP contribution in [0.1, 0.15) is 41.9 Å². The van der Waals surface area contributed by atoms with E-state index in [9.17, 15) is 4.79 Å². The maximum Gasteiger partial charge on any atom is 0.261 e. The molecule has 0 aromatic carbocycles. The quantitative estimate of drug-likeness (QED) is 0.756. The molecule has 3 aromatic heterocycles. The normalized spacial score (nSPS) is 15.4. The standard InChI is InChI=1S/C17H18N4O2S/c1-10(12-5-6-12)21-9-13(8-18-21)19-17(22)15-11(2)23-20-16(15)14-4-3-7-24-14/h3-4,7-10,12H,5-6H2,1-2H3,(H,19,22). The molecule has 6 nitrogen and oxygen atoms in total.